The lowest BCUT2D eigenvalue weighted by Crippen LogP contribution is -2.02. The van der Waals surface area contributed by atoms with Crippen LogP contribution in [-0.4, -0.2) is 14.5 Å². The van der Waals surface area contributed by atoms with Crippen molar-refractivity contribution in [2.45, 2.75) is 6.54 Å². The lowest BCUT2D eigenvalue weighted by Gasteiger charge is -2.02. The molecule has 2 aromatic heterocycles. The van der Waals surface area contributed by atoms with Crippen molar-refractivity contribution in [1.82, 2.24) is 14.5 Å². The van der Waals surface area contributed by atoms with Crippen LogP contribution in [0.2, 0.25) is 4.47 Å². The van der Waals surface area contributed by atoms with Crippen molar-refractivity contribution < 1.29 is 0 Å². The van der Waals surface area contributed by atoms with Gasteiger partial charge in [-0.3, -0.25) is 0 Å². The molecule has 8 heteroatoms. The number of nitroso groups, excluding NO2 is 1. The van der Waals surface area contributed by atoms with E-state index in [4.69, 9.17) is 11.6 Å². The third kappa shape index (κ3) is 2.31. The summed E-state index contributed by atoms with van der Waals surface area (Å²) in [7, 11) is 0. The minimum atomic E-state index is 0.398. The highest BCUT2D eigenvalue weighted by Gasteiger charge is 2.05. The summed E-state index contributed by atoms with van der Waals surface area (Å²) >= 11 is 7.08. The summed E-state index contributed by atoms with van der Waals surface area (Å²) in [6.07, 6.45) is 5.00. The molecule has 2 aromatic rings. The molecule has 1 N–H and O–H groups in total. The van der Waals surface area contributed by atoms with Crippen LogP contribution in [0, 0.1) is 4.91 Å². The van der Waals surface area contributed by atoms with Crippen molar-refractivity contribution in [2.24, 2.45) is 5.29 Å². The van der Waals surface area contributed by atoms with Gasteiger partial charge in [-0.15, -0.1) is 16.2 Å². The molecule has 0 aliphatic carbocycles. The van der Waals surface area contributed by atoms with Gasteiger partial charge in [0.2, 0.25) is 5.95 Å². The van der Waals surface area contributed by atoms with Gasteiger partial charge < -0.3 is 4.57 Å². The van der Waals surface area contributed by atoms with Crippen LogP contribution in [-0.2, 0) is 6.54 Å². The van der Waals surface area contributed by atoms with Crippen molar-refractivity contribution >= 4 is 28.9 Å². The molecule has 15 heavy (non-hydrogen) atoms. The topological polar surface area (TPSA) is 72.2 Å². The summed E-state index contributed by atoms with van der Waals surface area (Å²) in [5.74, 6) is 0.398. The average Bonchev–Trinajstić information content (AvgIpc) is 2.78. The third-order valence-electron chi connectivity index (χ3n) is 1.71. The number of rotatable bonds is 4. The van der Waals surface area contributed by atoms with Gasteiger partial charge in [0.25, 0.3) is 0 Å². The van der Waals surface area contributed by atoms with E-state index in [-0.39, 0.29) is 0 Å². The summed E-state index contributed by atoms with van der Waals surface area (Å²) in [4.78, 5) is 18.9. The zero-order chi connectivity index (χ0) is 10.7. The molecule has 0 unspecified atom stereocenters. The van der Waals surface area contributed by atoms with Gasteiger partial charge in [0.05, 0.1) is 11.8 Å². The second kappa shape index (κ2) is 4.37. The fraction of sp³-hybridized carbons (Fsp3) is 0.143. The number of halogens is 1. The molecule has 2 rings (SSSR count). The van der Waals surface area contributed by atoms with Crippen molar-refractivity contribution in [1.29, 1.82) is 0 Å². The Hall–Kier alpha value is -1.47. The summed E-state index contributed by atoms with van der Waals surface area (Å²) in [5, 5.41) is 2.56. The second-order valence-electron chi connectivity index (χ2n) is 2.66. The molecule has 0 saturated carbocycles. The molecule has 0 aliphatic heterocycles. The van der Waals surface area contributed by atoms with Crippen LogP contribution < -0.4 is 5.43 Å². The van der Waals surface area contributed by atoms with Gasteiger partial charge in [-0.1, -0.05) is 11.6 Å². The summed E-state index contributed by atoms with van der Waals surface area (Å²) in [5.41, 5.74) is 2.26. The van der Waals surface area contributed by atoms with Crippen molar-refractivity contribution in [3.63, 3.8) is 0 Å². The van der Waals surface area contributed by atoms with Gasteiger partial charge in [-0.05, 0) is 0 Å². The quantitative estimate of drug-likeness (QED) is 0.660. The van der Waals surface area contributed by atoms with E-state index in [1.807, 2.05) is 0 Å². The molecule has 0 spiro atoms. The molecule has 6 nitrogen and oxygen atoms in total. The van der Waals surface area contributed by atoms with Gasteiger partial charge in [-0.25, -0.2) is 15.4 Å². The Balaban J connectivity index is 2.16. The highest BCUT2D eigenvalue weighted by atomic mass is 35.5. The maximum absolute atomic E-state index is 10.0. The molecule has 0 radical (unpaired) electrons. The van der Waals surface area contributed by atoms with Crippen LogP contribution in [0.15, 0.2) is 23.9 Å². The number of thiazole rings is 1. The Labute approximate surface area is 93.9 Å². The number of hydrogen-bond donors (Lipinski definition) is 1. The Morgan fingerprint density at radius 2 is 2.47 bits per heavy atom. The Morgan fingerprint density at radius 1 is 1.60 bits per heavy atom. The highest BCUT2D eigenvalue weighted by Crippen LogP contribution is 2.19. The van der Waals surface area contributed by atoms with E-state index in [9.17, 15) is 4.91 Å². The number of nitrogens with one attached hydrogen (secondary N) is 1. The van der Waals surface area contributed by atoms with Gasteiger partial charge in [0, 0.05) is 23.5 Å². The van der Waals surface area contributed by atoms with Crippen LogP contribution in [0.25, 0.3) is 0 Å². The SMILES string of the molecule is O=NNc1nccn1Cc1cnc(Cl)s1. The van der Waals surface area contributed by atoms with Gasteiger partial charge in [-0.2, -0.15) is 0 Å². The van der Waals surface area contributed by atoms with Crippen LogP contribution in [0.1, 0.15) is 4.88 Å². The van der Waals surface area contributed by atoms with Gasteiger partial charge in [0.1, 0.15) is 0 Å². The molecule has 78 valence electrons. The Morgan fingerprint density at radius 3 is 3.13 bits per heavy atom. The fourth-order valence-electron chi connectivity index (χ4n) is 1.12. The van der Waals surface area contributed by atoms with E-state index in [1.54, 1.807) is 23.2 Å². The number of aromatic nitrogens is 3. The molecular formula is C7H6ClN5OS. The maximum Gasteiger partial charge on any atom is 0.226 e. The predicted molar refractivity (Wildman–Crippen MR) is 57.9 cm³/mol. The molecule has 0 atom stereocenters. The van der Waals surface area contributed by atoms with E-state index < -0.39 is 0 Å². The normalized spacial score (nSPS) is 10.2. The smallest absolute Gasteiger partial charge is 0.226 e. The molecule has 0 aliphatic rings. The van der Waals surface area contributed by atoms with Crippen LogP contribution >= 0.6 is 22.9 Å². The molecule has 0 bridgehead atoms. The van der Waals surface area contributed by atoms with Crippen LogP contribution in [0.4, 0.5) is 5.95 Å². The summed E-state index contributed by atoms with van der Waals surface area (Å²) < 4.78 is 2.23. The average molecular weight is 244 g/mol. The Bertz CT molecular complexity index is 467. The summed E-state index contributed by atoms with van der Waals surface area (Å²) in [6.45, 7) is 0.558. The number of anilines is 1. The number of nitrogens with zero attached hydrogens (tertiary/aromatic N) is 4. The van der Waals surface area contributed by atoms with Crippen molar-refractivity contribution in [2.75, 3.05) is 5.43 Å². The predicted octanol–water partition coefficient (Wildman–Crippen LogP) is 2.13. The highest BCUT2D eigenvalue weighted by molar-refractivity contribution is 7.15. The van der Waals surface area contributed by atoms with Crippen molar-refractivity contribution in [3.05, 3.63) is 32.8 Å². The molecule has 0 fully saturated rings. The molecule has 0 amide bonds. The first-order valence-corrected chi connectivity index (χ1v) is 5.19. The van der Waals surface area contributed by atoms with E-state index in [1.165, 1.54) is 11.3 Å². The molecule has 2 heterocycles. The van der Waals surface area contributed by atoms with Gasteiger partial charge >= 0.3 is 0 Å². The van der Waals surface area contributed by atoms with E-state index in [0.29, 0.717) is 17.0 Å². The fourth-order valence-corrected chi connectivity index (χ4v) is 2.09. The first kappa shape index (κ1) is 10.1. The standard InChI is InChI=1S/C7H6ClN5OS/c8-6-10-3-5(15-6)4-13-2-1-9-7(13)11-12-14/h1-3H,4H2,(H,9,11,14). The van der Waals surface area contributed by atoms with Crippen LogP contribution in [0.3, 0.4) is 0 Å². The minimum Gasteiger partial charge on any atom is -0.311 e. The first-order valence-electron chi connectivity index (χ1n) is 3.99. The largest absolute Gasteiger partial charge is 0.311 e. The maximum atomic E-state index is 10.0. The number of hydrogen-bond acceptors (Lipinski definition) is 5. The number of imidazole rings is 1. The van der Waals surface area contributed by atoms with Crippen LogP contribution in [0.5, 0.6) is 0 Å². The third-order valence-corrected chi connectivity index (χ3v) is 2.81. The second-order valence-corrected chi connectivity index (χ2v) is 4.36. The van der Waals surface area contributed by atoms with Gasteiger partial charge in [0.15, 0.2) is 4.47 Å². The van der Waals surface area contributed by atoms with E-state index in [2.05, 4.69) is 20.7 Å². The van der Waals surface area contributed by atoms with E-state index in [0.717, 1.165) is 4.88 Å². The molecule has 0 aromatic carbocycles. The summed E-state index contributed by atoms with van der Waals surface area (Å²) in [6, 6.07) is 0. The van der Waals surface area contributed by atoms with Crippen molar-refractivity contribution in [3.8, 4) is 0 Å². The zero-order valence-electron chi connectivity index (χ0n) is 7.42. The minimum absolute atomic E-state index is 0.398. The lowest BCUT2D eigenvalue weighted by molar-refractivity contribution is 0.811. The molecule has 0 saturated heterocycles. The zero-order valence-corrected chi connectivity index (χ0v) is 8.99. The monoisotopic (exact) mass is 243 g/mol. The lowest BCUT2D eigenvalue weighted by atomic mass is 10.5. The first-order chi connectivity index (χ1) is 7.29. The molecular weight excluding hydrogens is 238 g/mol. The van der Waals surface area contributed by atoms with E-state index >= 15 is 0 Å². The Kier molecular flexibility index (Phi) is 2.93.